The lowest BCUT2D eigenvalue weighted by Gasteiger charge is -2.18. The molecule has 0 spiro atoms. The molecule has 2 atom stereocenters. The predicted octanol–water partition coefficient (Wildman–Crippen LogP) is 2.44. The molecule has 1 aromatic heterocycles. The first-order valence-corrected chi connectivity index (χ1v) is 11.8. The van der Waals surface area contributed by atoms with Gasteiger partial charge in [-0.05, 0) is 11.1 Å². The molecule has 38 heavy (non-hydrogen) atoms. The predicted molar refractivity (Wildman–Crippen MR) is 134 cm³/mol. The lowest BCUT2D eigenvalue weighted by molar-refractivity contribution is -0.143. The number of aliphatic carboxylic acids is 2. The third kappa shape index (κ3) is 8.12. The molecule has 11 nitrogen and oxygen atoms in total. The molecule has 198 valence electrons. The summed E-state index contributed by atoms with van der Waals surface area (Å²) in [6.45, 7) is 0. The minimum absolute atomic E-state index is 0.126. The van der Waals surface area contributed by atoms with Gasteiger partial charge in [0.2, 0.25) is 11.8 Å². The second-order valence-electron chi connectivity index (χ2n) is 8.71. The number of carboxylic acids is 2. The van der Waals surface area contributed by atoms with Gasteiger partial charge < -0.3 is 25.8 Å². The highest BCUT2D eigenvalue weighted by Crippen LogP contribution is 2.25. The number of carbonyl (C=O) groups is 5. The van der Waals surface area contributed by atoms with E-state index in [2.05, 4.69) is 10.5 Å². The Hall–Kier alpha value is -4.80. The molecule has 11 heteroatoms. The van der Waals surface area contributed by atoms with E-state index in [1.54, 1.807) is 6.07 Å². The van der Waals surface area contributed by atoms with Crippen LogP contribution in [0, 0.1) is 5.92 Å². The number of Topliss-reactive ketones (excluding diaryl/α,β-unsaturated/α-hetero) is 1. The minimum Gasteiger partial charge on any atom is -0.481 e. The SMILES string of the molecule is NC(=O)[C@H](CC(=O)O)CC(=O)[C@H](CC(=O)O)NC(=O)CCc1cc(-c2ccc(-c3ccccc3)cc2)no1. The standard InChI is InChI=1S/C27H27N3O8/c28-27(37)19(13-25(33)34)12-23(31)22(15-26(35)36)29-24(32)11-10-20-14-21(30-38-20)18-8-6-17(7-9-18)16-4-2-1-3-5-16/h1-9,14,19,22H,10-13,15H2,(H2,28,37)(H,29,32)(H,33,34)(H,35,36)/t19-,22-/m0/s1. The number of primary amides is 1. The molecule has 2 aromatic carbocycles. The van der Waals surface area contributed by atoms with Crippen molar-refractivity contribution in [2.45, 2.75) is 38.1 Å². The third-order valence-corrected chi connectivity index (χ3v) is 5.82. The van der Waals surface area contributed by atoms with Crippen molar-refractivity contribution >= 4 is 29.5 Å². The van der Waals surface area contributed by atoms with Gasteiger partial charge in [-0.3, -0.25) is 24.0 Å². The average Bonchev–Trinajstić information content (AvgIpc) is 3.36. The van der Waals surface area contributed by atoms with Crippen molar-refractivity contribution in [3.05, 3.63) is 66.4 Å². The van der Waals surface area contributed by atoms with Gasteiger partial charge in [-0.25, -0.2) is 0 Å². The smallest absolute Gasteiger partial charge is 0.305 e. The monoisotopic (exact) mass is 521 g/mol. The van der Waals surface area contributed by atoms with Crippen LogP contribution >= 0.6 is 0 Å². The van der Waals surface area contributed by atoms with Crippen molar-refractivity contribution < 1.29 is 38.7 Å². The molecule has 0 saturated heterocycles. The Labute approximate surface area is 217 Å². The lowest BCUT2D eigenvalue weighted by Crippen LogP contribution is -2.44. The number of benzene rings is 2. The van der Waals surface area contributed by atoms with Gasteiger partial charge in [-0.2, -0.15) is 0 Å². The maximum atomic E-state index is 12.6. The number of nitrogens with zero attached hydrogens (tertiary/aromatic N) is 1. The van der Waals surface area contributed by atoms with Crippen molar-refractivity contribution in [3.63, 3.8) is 0 Å². The fourth-order valence-corrected chi connectivity index (χ4v) is 3.82. The van der Waals surface area contributed by atoms with Gasteiger partial charge in [0, 0.05) is 30.9 Å². The van der Waals surface area contributed by atoms with Gasteiger partial charge in [0.05, 0.1) is 24.8 Å². The Bertz CT molecular complexity index is 1300. The Morgan fingerprint density at radius 1 is 0.842 bits per heavy atom. The number of carboxylic acid groups (broad SMARTS) is 2. The zero-order valence-electron chi connectivity index (χ0n) is 20.3. The summed E-state index contributed by atoms with van der Waals surface area (Å²) in [5.74, 6) is -6.01. The highest BCUT2D eigenvalue weighted by Gasteiger charge is 2.29. The summed E-state index contributed by atoms with van der Waals surface area (Å²) < 4.78 is 5.32. The third-order valence-electron chi connectivity index (χ3n) is 5.82. The summed E-state index contributed by atoms with van der Waals surface area (Å²) in [6.07, 6.45) is -2.00. The number of carbonyl (C=O) groups excluding carboxylic acids is 3. The van der Waals surface area contributed by atoms with E-state index in [-0.39, 0.29) is 12.8 Å². The Morgan fingerprint density at radius 2 is 1.45 bits per heavy atom. The summed E-state index contributed by atoms with van der Waals surface area (Å²) in [5, 5.41) is 24.4. The van der Waals surface area contributed by atoms with E-state index >= 15 is 0 Å². The van der Waals surface area contributed by atoms with Gasteiger partial charge in [0.1, 0.15) is 11.5 Å². The average molecular weight is 522 g/mol. The highest BCUT2D eigenvalue weighted by molar-refractivity contribution is 5.95. The Balaban J connectivity index is 1.58. The normalized spacial score (nSPS) is 12.3. The van der Waals surface area contributed by atoms with E-state index in [9.17, 15) is 24.0 Å². The van der Waals surface area contributed by atoms with Crippen LogP contribution in [0.4, 0.5) is 0 Å². The molecule has 0 fully saturated rings. The first-order chi connectivity index (χ1) is 18.1. The van der Waals surface area contributed by atoms with E-state index in [0.29, 0.717) is 11.5 Å². The van der Waals surface area contributed by atoms with Gasteiger partial charge in [-0.1, -0.05) is 59.8 Å². The summed E-state index contributed by atoms with van der Waals surface area (Å²) in [7, 11) is 0. The summed E-state index contributed by atoms with van der Waals surface area (Å²) in [6, 6.07) is 17.9. The second kappa shape index (κ2) is 12.9. The second-order valence-corrected chi connectivity index (χ2v) is 8.71. The molecule has 3 rings (SSSR count). The molecular weight excluding hydrogens is 494 g/mol. The molecule has 0 unspecified atom stereocenters. The van der Waals surface area contributed by atoms with Crippen LogP contribution in [0.1, 0.15) is 31.4 Å². The highest BCUT2D eigenvalue weighted by atomic mass is 16.5. The topological polar surface area (TPSA) is 190 Å². The maximum Gasteiger partial charge on any atom is 0.305 e. The molecule has 0 aliphatic rings. The number of ketones is 1. The fraction of sp³-hybridized carbons (Fsp3) is 0.259. The first kappa shape index (κ1) is 27.8. The number of aromatic nitrogens is 1. The molecule has 1 heterocycles. The number of rotatable bonds is 14. The van der Waals surface area contributed by atoms with Crippen molar-refractivity contribution in [1.82, 2.24) is 10.5 Å². The number of amides is 2. The first-order valence-electron chi connectivity index (χ1n) is 11.8. The van der Waals surface area contributed by atoms with Gasteiger partial charge in [0.25, 0.3) is 0 Å². The number of aryl methyl sites for hydroxylation is 1. The molecule has 5 N–H and O–H groups in total. The molecule has 2 amide bonds. The summed E-state index contributed by atoms with van der Waals surface area (Å²) >= 11 is 0. The molecular formula is C27H27N3O8. The quantitative estimate of drug-likeness (QED) is 0.247. The van der Waals surface area contributed by atoms with Crippen LogP contribution in [0.2, 0.25) is 0 Å². The van der Waals surface area contributed by atoms with E-state index in [0.717, 1.165) is 16.7 Å². The van der Waals surface area contributed by atoms with Crippen molar-refractivity contribution in [1.29, 1.82) is 0 Å². The Kier molecular flexibility index (Phi) is 9.47. The molecule has 0 radical (unpaired) electrons. The number of nitrogens with two attached hydrogens (primary N) is 1. The molecule has 0 aliphatic carbocycles. The molecule has 0 saturated carbocycles. The van der Waals surface area contributed by atoms with Crippen LogP contribution in [-0.2, 0) is 30.4 Å². The van der Waals surface area contributed by atoms with E-state index in [4.69, 9.17) is 20.5 Å². The zero-order chi connectivity index (χ0) is 27.7. The van der Waals surface area contributed by atoms with Crippen molar-refractivity contribution in [2.24, 2.45) is 11.7 Å². The lowest BCUT2D eigenvalue weighted by atomic mass is 9.93. The van der Waals surface area contributed by atoms with Crippen LogP contribution in [0.5, 0.6) is 0 Å². The molecule has 3 aromatic rings. The molecule has 0 aliphatic heterocycles. The van der Waals surface area contributed by atoms with Crippen molar-refractivity contribution in [2.75, 3.05) is 0 Å². The van der Waals surface area contributed by atoms with Crippen LogP contribution in [0.25, 0.3) is 22.4 Å². The zero-order valence-corrected chi connectivity index (χ0v) is 20.3. The Morgan fingerprint density at radius 3 is 2.05 bits per heavy atom. The van der Waals surface area contributed by atoms with Gasteiger partial charge in [-0.15, -0.1) is 0 Å². The van der Waals surface area contributed by atoms with Crippen LogP contribution in [0.15, 0.2) is 65.2 Å². The van der Waals surface area contributed by atoms with Gasteiger partial charge >= 0.3 is 11.9 Å². The summed E-state index contributed by atoms with van der Waals surface area (Å²) in [5.41, 5.74) is 8.68. The van der Waals surface area contributed by atoms with Crippen LogP contribution < -0.4 is 11.1 Å². The largest absolute Gasteiger partial charge is 0.481 e. The van der Waals surface area contributed by atoms with E-state index < -0.39 is 60.8 Å². The summed E-state index contributed by atoms with van der Waals surface area (Å²) in [4.78, 5) is 58.6. The van der Waals surface area contributed by atoms with Crippen LogP contribution in [0.3, 0.4) is 0 Å². The number of nitrogens with one attached hydrogen (secondary N) is 1. The number of hydrogen-bond donors (Lipinski definition) is 4. The van der Waals surface area contributed by atoms with E-state index in [1.165, 1.54) is 0 Å². The molecule has 0 bridgehead atoms. The maximum absolute atomic E-state index is 12.6. The fourth-order valence-electron chi connectivity index (χ4n) is 3.82. The van der Waals surface area contributed by atoms with E-state index in [1.807, 2.05) is 54.6 Å². The van der Waals surface area contributed by atoms with Gasteiger partial charge in [0.15, 0.2) is 5.78 Å². The van der Waals surface area contributed by atoms with Crippen LogP contribution in [-0.4, -0.2) is 50.9 Å². The van der Waals surface area contributed by atoms with Crippen molar-refractivity contribution in [3.8, 4) is 22.4 Å². The minimum atomic E-state index is -1.44. The number of hydrogen-bond acceptors (Lipinski definition) is 7.